The summed E-state index contributed by atoms with van der Waals surface area (Å²) in [6.07, 6.45) is 0. The third-order valence-corrected chi connectivity index (χ3v) is 5.62. The fourth-order valence-corrected chi connectivity index (χ4v) is 4.07. The van der Waals surface area contributed by atoms with Gasteiger partial charge in [0.05, 0.1) is 9.85 Å². The number of halogens is 6. The molecule has 1 atom stereocenters. The van der Waals surface area contributed by atoms with Gasteiger partial charge in [0.1, 0.15) is 5.82 Å². The summed E-state index contributed by atoms with van der Waals surface area (Å²) in [5.74, 6) is -0.311. The van der Waals surface area contributed by atoms with Gasteiger partial charge in [-0.1, -0.05) is 59.4 Å². The van der Waals surface area contributed by atoms with Crippen molar-refractivity contribution in [1.82, 2.24) is 0 Å². The molecule has 0 spiro atoms. The van der Waals surface area contributed by atoms with Gasteiger partial charge in [-0.2, -0.15) is 0 Å². The van der Waals surface area contributed by atoms with E-state index in [2.05, 4.69) is 63.7 Å². The van der Waals surface area contributed by atoms with Crippen molar-refractivity contribution in [3.63, 3.8) is 0 Å². The zero-order chi connectivity index (χ0) is 14.2. The van der Waals surface area contributed by atoms with Crippen LogP contribution in [0.25, 0.3) is 0 Å². The van der Waals surface area contributed by atoms with E-state index in [0.29, 0.717) is 15.1 Å². The van der Waals surface area contributed by atoms with Crippen molar-refractivity contribution in [3.8, 4) is 0 Å². The molecule has 0 aliphatic rings. The molecular formula is C13H6Br4ClF. The van der Waals surface area contributed by atoms with Gasteiger partial charge in [-0.05, 0) is 51.8 Å². The maximum atomic E-state index is 14.0. The topological polar surface area (TPSA) is 0 Å². The molecule has 0 heterocycles. The predicted octanol–water partition coefficient (Wildman–Crippen LogP) is 7.25. The van der Waals surface area contributed by atoms with Crippen LogP contribution in [0, 0.1) is 5.82 Å². The smallest absolute Gasteiger partial charge is 0.129 e. The van der Waals surface area contributed by atoms with Gasteiger partial charge in [0.25, 0.3) is 0 Å². The number of benzene rings is 2. The third kappa shape index (κ3) is 3.82. The van der Waals surface area contributed by atoms with Crippen LogP contribution in [0.2, 0.25) is 5.02 Å². The summed E-state index contributed by atoms with van der Waals surface area (Å²) in [4.78, 5) is -0.271. The van der Waals surface area contributed by atoms with Crippen LogP contribution in [0.3, 0.4) is 0 Å². The molecule has 1 unspecified atom stereocenters. The summed E-state index contributed by atoms with van der Waals surface area (Å²) in [5, 5.41) is 0.481. The van der Waals surface area contributed by atoms with Crippen LogP contribution < -0.4 is 0 Å². The summed E-state index contributed by atoms with van der Waals surface area (Å²) in [5.41, 5.74) is 1.43. The first-order valence-corrected chi connectivity index (χ1v) is 8.80. The van der Waals surface area contributed by atoms with Gasteiger partial charge in [0, 0.05) is 19.0 Å². The Hall–Kier alpha value is 0.580. The van der Waals surface area contributed by atoms with Gasteiger partial charge in [0.2, 0.25) is 0 Å². The standard InChI is InChI=1S/C13H6Br4ClF/c14-7-1-6(2-8(15)3-7)13(17)9-4-11(18)10(16)5-12(9)19/h1-5,13H. The van der Waals surface area contributed by atoms with Crippen molar-refractivity contribution < 1.29 is 4.39 Å². The van der Waals surface area contributed by atoms with Gasteiger partial charge in [0.15, 0.2) is 0 Å². The Morgan fingerprint density at radius 2 is 1.53 bits per heavy atom. The first kappa shape index (κ1) is 16.0. The van der Waals surface area contributed by atoms with Crippen LogP contribution in [0.5, 0.6) is 0 Å². The molecule has 0 aliphatic heterocycles. The first-order valence-electron chi connectivity index (χ1n) is 5.13. The highest BCUT2D eigenvalue weighted by molar-refractivity contribution is 9.11. The Bertz CT molecular complexity index is 610. The lowest BCUT2D eigenvalue weighted by molar-refractivity contribution is 0.612. The SMILES string of the molecule is Fc1cc(Br)c(Cl)cc1C(Br)c1cc(Br)cc(Br)c1. The number of alkyl halides is 1. The largest absolute Gasteiger partial charge is 0.207 e. The average molecular weight is 536 g/mol. The molecule has 100 valence electrons. The Kier molecular flexibility index (Phi) is 5.51. The van der Waals surface area contributed by atoms with E-state index in [0.717, 1.165) is 14.5 Å². The molecule has 2 aromatic rings. The van der Waals surface area contributed by atoms with Crippen molar-refractivity contribution in [2.24, 2.45) is 0 Å². The van der Waals surface area contributed by atoms with Crippen molar-refractivity contribution in [2.75, 3.05) is 0 Å². The molecule has 0 nitrogen and oxygen atoms in total. The van der Waals surface area contributed by atoms with E-state index in [4.69, 9.17) is 11.6 Å². The predicted molar refractivity (Wildman–Crippen MR) is 91.7 cm³/mol. The highest BCUT2D eigenvalue weighted by Crippen LogP contribution is 2.38. The second-order valence-electron chi connectivity index (χ2n) is 3.85. The van der Waals surface area contributed by atoms with E-state index in [9.17, 15) is 4.39 Å². The van der Waals surface area contributed by atoms with Crippen LogP contribution in [0.4, 0.5) is 4.39 Å². The van der Waals surface area contributed by atoms with Crippen LogP contribution in [0.15, 0.2) is 43.7 Å². The molecular weight excluding hydrogens is 530 g/mol. The van der Waals surface area contributed by atoms with Gasteiger partial charge < -0.3 is 0 Å². The molecule has 19 heavy (non-hydrogen) atoms. The lowest BCUT2D eigenvalue weighted by Crippen LogP contribution is -1.97. The summed E-state index contributed by atoms with van der Waals surface area (Å²) in [6.45, 7) is 0. The van der Waals surface area contributed by atoms with E-state index in [1.807, 2.05) is 18.2 Å². The molecule has 2 aromatic carbocycles. The monoisotopic (exact) mass is 532 g/mol. The van der Waals surface area contributed by atoms with Crippen LogP contribution in [-0.2, 0) is 0 Å². The molecule has 0 saturated heterocycles. The third-order valence-electron chi connectivity index (χ3n) is 2.49. The molecule has 0 fully saturated rings. The van der Waals surface area contributed by atoms with Gasteiger partial charge in [-0.3, -0.25) is 0 Å². The Labute approximate surface area is 149 Å². The Morgan fingerprint density at radius 1 is 0.947 bits per heavy atom. The normalized spacial score (nSPS) is 12.5. The lowest BCUT2D eigenvalue weighted by atomic mass is 10.0. The maximum absolute atomic E-state index is 14.0. The highest BCUT2D eigenvalue weighted by Gasteiger charge is 2.17. The molecule has 0 amide bonds. The number of rotatable bonds is 2. The van der Waals surface area contributed by atoms with Crippen molar-refractivity contribution >= 4 is 75.3 Å². The van der Waals surface area contributed by atoms with Gasteiger partial charge in [-0.25, -0.2) is 4.39 Å². The minimum Gasteiger partial charge on any atom is -0.207 e. The minimum atomic E-state index is -0.311. The van der Waals surface area contributed by atoms with Crippen LogP contribution in [0.1, 0.15) is 16.0 Å². The zero-order valence-corrected chi connectivity index (χ0v) is 16.3. The van der Waals surface area contributed by atoms with E-state index in [-0.39, 0.29) is 10.6 Å². The summed E-state index contributed by atoms with van der Waals surface area (Å²) >= 11 is 19.6. The molecule has 0 N–H and O–H groups in total. The molecule has 0 radical (unpaired) electrons. The molecule has 0 aliphatic carbocycles. The minimum absolute atomic E-state index is 0.271. The van der Waals surface area contributed by atoms with E-state index < -0.39 is 0 Å². The first-order chi connectivity index (χ1) is 8.88. The Morgan fingerprint density at radius 3 is 2.11 bits per heavy atom. The van der Waals surface area contributed by atoms with Crippen LogP contribution >= 0.6 is 75.3 Å². The van der Waals surface area contributed by atoms with E-state index in [1.165, 1.54) is 6.07 Å². The van der Waals surface area contributed by atoms with Crippen molar-refractivity contribution in [2.45, 2.75) is 4.83 Å². The number of hydrogen-bond acceptors (Lipinski definition) is 0. The van der Waals surface area contributed by atoms with Gasteiger partial charge >= 0.3 is 0 Å². The molecule has 2 rings (SSSR count). The fraction of sp³-hybridized carbons (Fsp3) is 0.0769. The average Bonchev–Trinajstić information content (AvgIpc) is 2.31. The van der Waals surface area contributed by atoms with E-state index in [1.54, 1.807) is 6.07 Å². The summed E-state index contributed by atoms with van der Waals surface area (Å²) in [6, 6.07) is 8.78. The second kappa shape index (κ2) is 6.56. The highest BCUT2D eigenvalue weighted by atomic mass is 79.9. The summed E-state index contributed by atoms with van der Waals surface area (Å²) in [7, 11) is 0. The summed E-state index contributed by atoms with van der Waals surface area (Å²) < 4.78 is 16.4. The molecule has 6 heteroatoms. The maximum Gasteiger partial charge on any atom is 0.129 e. The molecule has 0 saturated carbocycles. The quantitative estimate of drug-likeness (QED) is 0.280. The van der Waals surface area contributed by atoms with E-state index >= 15 is 0 Å². The lowest BCUT2D eigenvalue weighted by Gasteiger charge is -2.14. The fourth-order valence-electron chi connectivity index (χ4n) is 1.63. The molecule has 0 bridgehead atoms. The zero-order valence-electron chi connectivity index (χ0n) is 9.23. The van der Waals surface area contributed by atoms with Gasteiger partial charge in [-0.15, -0.1) is 0 Å². The van der Waals surface area contributed by atoms with Crippen molar-refractivity contribution in [1.29, 1.82) is 0 Å². The van der Waals surface area contributed by atoms with Crippen molar-refractivity contribution in [3.05, 3.63) is 65.7 Å². The number of hydrogen-bond donors (Lipinski definition) is 0. The van der Waals surface area contributed by atoms with Crippen LogP contribution in [-0.4, -0.2) is 0 Å². The Balaban J connectivity index is 2.49. The molecule has 0 aromatic heterocycles. The second-order valence-corrected chi connectivity index (χ2v) is 7.86.